The molecule has 2 aliphatic heterocycles. The van der Waals surface area contributed by atoms with Crippen LogP contribution in [0.25, 0.3) is 0 Å². The fraction of sp³-hybridized carbons (Fsp3) is 0.800. The van der Waals surface area contributed by atoms with Crippen LogP contribution in [0.2, 0.25) is 0 Å². The van der Waals surface area contributed by atoms with Gasteiger partial charge in [-0.1, -0.05) is 0 Å². The summed E-state index contributed by atoms with van der Waals surface area (Å²) in [5.41, 5.74) is 0. The van der Waals surface area contributed by atoms with Gasteiger partial charge in [0.1, 0.15) is 36.9 Å². The highest BCUT2D eigenvalue weighted by Crippen LogP contribution is 2.16. The number of hydrogen-bond donors (Lipinski definition) is 0. The molecule has 22 heavy (non-hydrogen) atoms. The first kappa shape index (κ1) is 17.1. The van der Waals surface area contributed by atoms with Gasteiger partial charge in [-0.3, -0.25) is 18.0 Å². The van der Waals surface area contributed by atoms with Gasteiger partial charge in [-0.05, 0) is 6.92 Å². The summed E-state index contributed by atoms with van der Waals surface area (Å²) in [4.78, 5) is 23.5. The Kier molecular flexibility index (Phi) is 4.75. The molecule has 12 heteroatoms. The van der Waals surface area contributed by atoms with Gasteiger partial charge in [0, 0.05) is 0 Å². The van der Waals surface area contributed by atoms with Crippen LogP contribution in [0.1, 0.15) is 6.92 Å². The van der Waals surface area contributed by atoms with Crippen LogP contribution in [0.4, 0.5) is 0 Å². The first-order valence-electron chi connectivity index (χ1n) is 6.23. The zero-order valence-electron chi connectivity index (χ0n) is 11.5. The van der Waals surface area contributed by atoms with Crippen LogP contribution in [0.15, 0.2) is 0 Å². The lowest BCUT2D eigenvalue weighted by Gasteiger charge is -2.15. The van der Waals surface area contributed by atoms with E-state index in [1.165, 1.54) is 6.92 Å². The fourth-order valence-electron chi connectivity index (χ4n) is 1.77. The SMILES string of the molecule is CC(C(=O)OC1COS(=O)(=O)C1)C(=O)OC1COS(=O)(=O)C1. The van der Waals surface area contributed by atoms with E-state index in [1.807, 2.05) is 0 Å². The van der Waals surface area contributed by atoms with Crippen LogP contribution < -0.4 is 0 Å². The molecule has 2 unspecified atom stereocenters. The van der Waals surface area contributed by atoms with Crippen LogP contribution in [0.5, 0.6) is 0 Å². The van der Waals surface area contributed by atoms with E-state index in [9.17, 15) is 26.4 Å². The highest BCUT2D eigenvalue weighted by molar-refractivity contribution is 7.87. The molecule has 0 radical (unpaired) electrons. The molecule has 2 saturated heterocycles. The number of ether oxygens (including phenoxy) is 2. The summed E-state index contributed by atoms with van der Waals surface area (Å²) in [6.45, 7) is 0.606. The molecule has 0 amide bonds. The lowest BCUT2D eigenvalue weighted by Crippen LogP contribution is -2.33. The van der Waals surface area contributed by atoms with E-state index in [4.69, 9.17) is 9.47 Å². The molecule has 10 nitrogen and oxygen atoms in total. The van der Waals surface area contributed by atoms with Gasteiger partial charge in [0.05, 0.1) is 0 Å². The molecule has 0 aliphatic carbocycles. The van der Waals surface area contributed by atoms with Gasteiger partial charge in [0.25, 0.3) is 20.2 Å². The monoisotopic (exact) mass is 358 g/mol. The molecule has 0 aromatic heterocycles. The van der Waals surface area contributed by atoms with Crippen molar-refractivity contribution in [3.05, 3.63) is 0 Å². The third-order valence-corrected chi connectivity index (χ3v) is 5.47. The van der Waals surface area contributed by atoms with Gasteiger partial charge in [-0.15, -0.1) is 0 Å². The van der Waals surface area contributed by atoms with Crippen molar-refractivity contribution in [2.24, 2.45) is 5.92 Å². The van der Waals surface area contributed by atoms with Gasteiger partial charge in [-0.25, -0.2) is 0 Å². The summed E-state index contributed by atoms with van der Waals surface area (Å²) in [5, 5.41) is 0. The van der Waals surface area contributed by atoms with Crippen molar-refractivity contribution in [3.63, 3.8) is 0 Å². The maximum Gasteiger partial charge on any atom is 0.320 e. The number of hydrogen-bond acceptors (Lipinski definition) is 10. The largest absolute Gasteiger partial charge is 0.458 e. The van der Waals surface area contributed by atoms with Crippen molar-refractivity contribution in [3.8, 4) is 0 Å². The van der Waals surface area contributed by atoms with Crippen LogP contribution in [-0.4, -0.2) is 65.7 Å². The van der Waals surface area contributed by atoms with Crippen molar-refractivity contribution in [2.75, 3.05) is 24.7 Å². The minimum absolute atomic E-state index is 0.301. The summed E-state index contributed by atoms with van der Waals surface area (Å²) in [6, 6.07) is 0. The predicted molar refractivity (Wildman–Crippen MR) is 68.4 cm³/mol. The molecule has 2 fully saturated rings. The third kappa shape index (κ3) is 4.38. The van der Waals surface area contributed by atoms with Crippen molar-refractivity contribution in [1.29, 1.82) is 0 Å². The van der Waals surface area contributed by atoms with E-state index in [1.54, 1.807) is 0 Å². The molecule has 2 aliphatic rings. The molecule has 126 valence electrons. The molecule has 0 spiro atoms. The van der Waals surface area contributed by atoms with Gasteiger partial charge >= 0.3 is 11.9 Å². The molecular formula is C10H14O10S2. The first-order chi connectivity index (χ1) is 10.1. The molecule has 0 aromatic rings. The number of rotatable bonds is 4. The molecule has 0 saturated carbocycles. The Morgan fingerprint density at radius 3 is 1.55 bits per heavy atom. The molecule has 0 aromatic carbocycles. The van der Waals surface area contributed by atoms with Gasteiger partial charge in [0.15, 0.2) is 5.92 Å². The zero-order valence-corrected chi connectivity index (χ0v) is 13.1. The smallest absolute Gasteiger partial charge is 0.320 e. The molecule has 2 rings (SSSR count). The zero-order chi connectivity index (χ0) is 16.5. The summed E-state index contributed by atoms with van der Waals surface area (Å²) >= 11 is 0. The Hall–Kier alpha value is -1.24. The number of esters is 2. The second kappa shape index (κ2) is 6.10. The Bertz CT molecular complexity index is 606. The van der Waals surface area contributed by atoms with E-state index in [2.05, 4.69) is 8.37 Å². The quantitative estimate of drug-likeness (QED) is 0.320. The lowest BCUT2D eigenvalue weighted by atomic mass is 10.2. The summed E-state index contributed by atoms with van der Waals surface area (Å²) in [7, 11) is -7.39. The maximum atomic E-state index is 11.7. The van der Waals surface area contributed by atoms with E-state index >= 15 is 0 Å². The normalized spacial score (nSPS) is 30.6. The van der Waals surface area contributed by atoms with Crippen molar-refractivity contribution < 1.29 is 44.3 Å². The minimum atomic E-state index is -3.70. The number of carbonyl (C=O) groups is 2. The van der Waals surface area contributed by atoms with Crippen molar-refractivity contribution >= 4 is 32.2 Å². The number of carbonyl (C=O) groups excluding carboxylic acids is 2. The molecule has 2 heterocycles. The van der Waals surface area contributed by atoms with Gasteiger partial charge in [0.2, 0.25) is 0 Å². The Balaban J connectivity index is 1.84. The Labute approximate surface area is 126 Å². The standard InChI is InChI=1S/C10H14O10S2/c1-6(9(11)19-7-2-17-21(13,14)4-7)10(12)20-8-3-18-22(15,16)5-8/h6-8H,2-5H2,1H3. The lowest BCUT2D eigenvalue weighted by molar-refractivity contribution is -0.166. The third-order valence-electron chi connectivity index (χ3n) is 2.92. The highest BCUT2D eigenvalue weighted by atomic mass is 32.2. The summed E-state index contributed by atoms with van der Waals surface area (Å²) < 4.78 is 62.7. The van der Waals surface area contributed by atoms with E-state index in [0.29, 0.717) is 0 Å². The second-order valence-electron chi connectivity index (χ2n) is 4.86. The average molecular weight is 358 g/mol. The molecule has 2 atom stereocenters. The van der Waals surface area contributed by atoms with E-state index in [0.717, 1.165) is 0 Å². The average Bonchev–Trinajstić information content (AvgIpc) is 2.90. The van der Waals surface area contributed by atoms with E-state index in [-0.39, 0.29) is 13.2 Å². The fourth-order valence-corrected chi connectivity index (χ4v) is 3.92. The topological polar surface area (TPSA) is 139 Å². The summed E-state index contributed by atoms with van der Waals surface area (Å²) in [5.74, 6) is -4.23. The second-order valence-corrected chi connectivity index (χ2v) is 8.23. The molecule has 0 bridgehead atoms. The first-order valence-corrected chi connectivity index (χ1v) is 9.38. The van der Waals surface area contributed by atoms with Crippen LogP contribution >= 0.6 is 0 Å². The summed E-state index contributed by atoms with van der Waals surface area (Å²) in [6.07, 6.45) is -1.97. The van der Waals surface area contributed by atoms with Gasteiger partial charge in [-0.2, -0.15) is 16.8 Å². The van der Waals surface area contributed by atoms with Gasteiger partial charge < -0.3 is 9.47 Å². The molecule has 0 N–H and O–H groups in total. The predicted octanol–water partition coefficient (Wildman–Crippen LogP) is -1.83. The Morgan fingerprint density at radius 2 is 1.27 bits per heavy atom. The van der Waals surface area contributed by atoms with Crippen LogP contribution in [0, 0.1) is 5.92 Å². The molecular weight excluding hydrogens is 344 g/mol. The maximum absolute atomic E-state index is 11.7. The van der Waals surface area contributed by atoms with Crippen LogP contribution in [0.3, 0.4) is 0 Å². The highest BCUT2D eigenvalue weighted by Gasteiger charge is 2.37. The van der Waals surface area contributed by atoms with E-state index < -0.39 is 61.8 Å². The van der Waals surface area contributed by atoms with Crippen molar-refractivity contribution in [2.45, 2.75) is 19.1 Å². The minimum Gasteiger partial charge on any atom is -0.458 e. The Morgan fingerprint density at radius 1 is 0.909 bits per heavy atom. The van der Waals surface area contributed by atoms with Crippen LogP contribution in [-0.2, 0) is 47.7 Å². The van der Waals surface area contributed by atoms with Crippen molar-refractivity contribution in [1.82, 2.24) is 0 Å².